The first-order valence-corrected chi connectivity index (χ1v) is 9.79. The Morgan fingerprint density at radius 3 is 2.50 bits per heavy atom. The van der Waals surface area contributed by atoms with Crippen molar-refractivity contribution < 1.29 is 13.2 Å². The molecule has 5 heteroatoms. The van der Waals surface area contributed by atoms with E-state index in [-0.39, 0.29) is 5.60 Å². The summed E-state index contributed by atoms with van der Waals surface area (Å²) in [6.07, 6.45) is 2.26. The Kier molecular flexibility index (Phi) is 5.30. The van der Waals surface area contributed by atoms with Crippen LogP contribution in [-0.2, 0) is 14.6 Å². The van der Waals surface area contributed by atoms with Crippen molar-refractivity contribution in [2.24, 2.45) is 0 Å². The Morgan fingerprint density at radius 1 is 1.32 bits per heavy atom. The maximum atomic E-state index is 11.5. The van der Waals surface area contributed by atoms with Gasteiger partial charge < -0.3 is 4.74 Å². The molecule has 1 aliphatic rings. The summed E-state index contributed by atoms with van der Waals surface area (Å²) >= 11 is 0. The maximum Gasteiger partial charge on any atom is 0.175 e. The monoisotopic (exact) mass is 325 g/mol. The van der Waals surface area contributed by atoms with Gasteiger partial charge in [-0.05, 0) is 37.0 Å². The molecule has 2 atom stereocenters. The maximum absolute atomic E-state index is 11.5. The van der Waals surface area contributed by atoms with E-state index in [2.05, 4.69) is 25.7 Å². The van der Waals surface area contributed by atoms with Gasteiger partial charge in [-0.2, -0.15) is 0 Å². The molecule has 1 aromatic rings. The van der Waals surface area contributed by atoms with Crippen molar-refractivity contribution in [3.05, 3.63) is 29.8 Å². The highest BCUT2D eigenvalue weighted by atomic mass is 32.2. The quantitative estimate of drug-likeness (QED) is 0.835. The lowest BCUT2D eigenvalue weighted by atomic mass is 9.97. The average Bonchev–Trinajstić information content (AvgIpc) is 2.46. The fraction of sp³-hybridized carbons (Fsp3) is 0.647. The van der Waals surface area contributed by atoms with E-state index in [1.165, 1.54) is 11.8 Å². The highest BCUT2D eigenvalue weighted by molar-refractivity contribution is 7.90. The van der Waals surface area contributed by atoms with E-state index in [4.69, 9.17) is 4.74 Å². The van der Waals surface area contributed by atoms with Gasteiger partial charge in [-0.25, -0.2) is 8.42 Å². The molecule has 1 heterocycles. The number of rotatable bonds is 5. The van der Waals surface area contributed by atoms with E-state index in [1.54, 1.807) is 12.1 Å². The minimum Gasteiger partial charge on any atom is -0.373 e. The van der Waals surface area contributed by atoms with Gasteiger partial charge in [0.05, 0.1) is 17.1 Å². The Hall–Kier alpha value is -0.910. The van der Waals surface area contributed by atoms with Crippen LogP contribution in [0, 0.1) is 0 Å². The molecule has 0 amide bonds. The smallest absolute Gasteiger partial charge is 0.175 e. The number of sulfone groups is 1. The first-order chi connectivity index (χ1) is 10.2. The third-order valence-corrected chi connectivity index (χ3v) is 5.70. The molecule has 1 fully saturated rings. The van der Waals surface area contributed by atoms with Crippen molar-refractivity contribution in [1.29, 1.82) is 0 Å². The largest absolute Gasteiger partial charge is 0.373 e. The van der Waals surface area contributed by atoms with Crippen molar-refractivity contribution in [1.82, 2.24) is 4.90 Å². The predicted octanol–water partition coefficient (Wildman–Crippen LogP) is 2.69. The van der Waals surface area contributed by atoms with Gasteiger partial charge >= 0.3 is 0 Å². The zero-order chi connectivity index (χ0) is 16.4. The van der Waals surface area contributed by atoms with Gasteiger partial charge in [0.15, 0.2) is 9.84 Å². The Balaban J connectivity index is 2.01. The van der Waals surface area contributed by atoms with Gasteiger partial charge in [0, 0.05) is 25.9 Å². The zero-order valence-corrected chi connectivity index (χ0v) is 14.8. The van der Waals surface area contributed by atoms with E-state index >= 15 is 0 Å². The van der Waals surface area contributed by atoms with Crippen LogP contribution < -0.4 is 0 Å². The van der Waals surface area contributed by atoms with Crippen LogP contribution in [0.2, 0.25) is 0 Å². The SMILES string of the molecule is CCC1(C)CN(CC(C)c2ccc(S(C)(=O)=O)cc2)CCO1. The summed E-state index contributed by atoms with van der Waals surface area (Å²) in [4.78, 5) is 2.83. The molecule has 0 saturated carbocycles. The Labute approximate surface area is 134 Å². The molecule has 0 radical (unpaired) electrons. The number of morpholine rings is 1. The van der Waals surface area contributed by atoms with Crippen molar-refractivity contribution in [3.8, 4) is 0 Å². The molecule has 124 valence electrons. The molecule has 0 spiro atoms. The topological polar surface area (TPSA) is 46.6 Å². The Bertz CT molecular complexity index is 597. The fourth-order valence-electron chi connectivity index (χ4n) is 2.92. The summed E-state index contributed by atoms with van der Waals surface area (Å²) in [5.74, 6) is 0.368. The molecule has 1 aromatic carbocycles. The highest BCUT2D eigenvalue weighted by Gasteiger charge is 2.30. The van der Waals surface area contributed by atoms with Crippen LogP contribution in [0.25, 0.3) is 0 Å². The van der Waals surface area contributed by atoms with Gasteiger partial charge in [0.25, 0.3) is 0 Å². The third-order valence-electron chi connectivity index (χ3n) is 4.57. The van der Waals surface area contributed by atoms with Gasteiger partial charge in [0.2, 0.25) is 0 Å². The molecule has 0 bridgehead atoms. The lowest BCUT2D eigenvalue weighted by molar-refractivity contribution is -0.100. The molecule has 0 N–H and O–H groups in total. The second-order valence-electron chi connectivity index (χ2n) is 6.63. The van der Waals surface area contributed by atoms with Gasteiger partial charge in [0.1, 0.15) is 0 Å². The minimum absolute atomic E-state index is 0.0435. The molecule has 4 nitrogen and oxygen atoms in total. The van der Waals surface area contributed by atoms with Crippen LogP contribution in [0.4, 0.5) is 0 Å². The molecule has 0 aliphatic carbocycles. The van der Waals surface area contributed by atoms with Crippen LogP contribution >= 0.6 is 0 Å². The second kappa shape index (κ2) is 6.69. The van der Waals surface area contributed by atoms with Crippen LogP contribution in [0.5, 0.6) is 0 Å². The lowest BCUT2D eigenvalue weighted by Crippen LogP contribution is -2.50. The predicted molar refractivity (Wildman–Crippen MR) is 89.1 cm³/mol. The van der Waals surface area contributed by atoms with E-state index in [1.807, 2.05) is 12.1 Å². The molecule has 2 unspecified atom stereocenters. The molecular formula is C17H27NO3S. The fourth-order valence-corrected chi connectivity index (χ4v) is 3.56. The molecule has 1 saturated heterocycles. The van der Waals surface area contributed by atoms with Crippen molar-refractivity contribution in [3.63, 3.8) is 0 Å². The van der Waals surface area contributed by atoms with Crippen LogP contribution in [0.1, 0.15) is 38.7 Å². The second-order valence-corrected chi connectivity index (χ2v) is 8.65. The number of hydrogen-bond donors (Lipinski definition) is 0. The van der Waals surface area contributed by atoms with Crippen molar-refractivity contribution in [2.45, 2.75) is 43.6 Å². The highest BCUT2D eigenvalue weighted by Crippen LogP contribution is 2.24. The van der Waals surface area contributed by atoms with Gasteiger partial charge in [-0.1, -0.05) is 26.0 Å². The molecule has 1 aliphatic heterocycles. The van der Waals surface area contributed by atoms with E-state index in [0.29, 0.717) is 10.8 Å². The summed E-state index contributed by atoms with van der Waals surface area (Å²) in [6, 6.07) is 7.27. The molecule has 0 aromatic heterocycles. The molecular weight excluding hydrogens is 298 g/mol. The number of hydrogen-bond acceptors (Lipinski definition) is 4. The first kappa shape index (κ1) is 17.4. The number of nitrogens with zero attached hydrogens (tertiary/aromatic N) is 1. The average molecular weight is 325 g/mol. The third kappa shape index (κ3) is 4.31. The van der Waals surface area contributed by atoms with Crippen LogP contribution in [0.15, 0.2) is 29.2 Å². The van der Waals surface area contributed by atoms with Crippen LogP contribution in [-0.4, -0.2) is 51.4 Å². The lowest BCUT2D eigenvalue weighted by Gasteiger charge is -2.41. The molecule has 22 heavy (non-hydrogen) atoms. The summed E-state index contributed by atoms with van der Waals surface area (Å²) in [5, 5.41) is 0. The summed E-state index contributed by atoms with van der Waals surface area (Å²) in [7, 11) is -3.12. The van der Waals surface area contributed by atoms with E-state index < -0.39 is 9.84 Å². The number of ether oxygens (including phenoxy) is 1. The summed E-state index contributed by atoms with van der Waals surface area (Å²) in [5.41, 5.74) is 1.13. The van der Waals surface area contributed by atoms with Crippen LogP contribution in [0.3, 0.4) is 0 Å². The summed E-state index contributed by atoms with van der Waals surface area (Å²) in [6.45, 7) is 10.2. The number of benzene rings is 1. The standard InChI is InChI=1S/C17H27NO3S/c1-5-17(3)13-18(10-11-21-17)12-14(2)15-6-8-16(9-7-15)22(4,19)20/h6-9,14H,5,10-13H2,1-4H3. The van der Waals surface area contributed by atoms with Gasteiger partial charge in [-0.3, -0.25) is 4.90 Å². The van der Waals surface area contributed by atoms with Crippen molar-refractivity contribution in [2.75, 3.05) is 32.5 Å². The molecule has 2 rings (SSSR count). The first-order valence-electron chi connectivity index (χ1n) is 7.90. The van der Waals surface area contributed by atoms with Gasteiger partial charge in [-0.15, -0.1) is 0 Å². The normalized spacial score (nSPS) is 25.1. The Morgan fingerprint density at radius 2 is 1.95 bits per heavy atom. The van der Waals surface area contributed by atoms with E-state index in [9.17, 15) is 8.42 Å². The summed E-state index contributed by atoms with van der Waals surface area (Å²) < 4.78 is 28.9. The van der Waals surface area contributed by atoms with Crippen molar-refractivity contribution >= 4 is 9.84 Å². The van der Waals surface area contributed by atoms with E-state index in [0.717, 1.165) is 32.7 Å². The minimum atomic E-state index is -3.12. The zero-order valence-electron chi connectivity index (χ0n) is 14.0.